The summed E-state index contributed by atoms with van der Waals surface area (Å²) in [5, 5.41) is 3.54. The molecule has 2 atom stereocenters. The van der Waals surface area contributed by atoms with Gasteiger partial charge in [-0.15, -0.1) is 11.8 Å². The maximum absolute atomic E-state index is 11.9. The van der Waals surface area contributed by atoms with Gasteiger partial charge in [0.15, 0.2) is 5.96 Å². The monoisotopic (exact) mass is 361 g/mol. The molecule has 2 fully saturated rings. The molecule has 25 heavy (non-hydrogen) atoms. The Labute approximate surface area is 154 Å². The van der Waals surface area contributed by atoms with Crippen molar-refractivity contribution in [1.82, 2.24) is 10.2 Å². The molecule has 1 heterocycles. The smallest absolute Gasteiger partial charge is 0.310 e. The van der Waals surface area contributed by atoms with Gasteiger partial charge < -0.3 is 15.0 Å². The van der Waals surface area contributed by atoms with Gasteiger partial charge in [-0.2, -0.15) is 0 Å². The molecule has 1 saturated carbocycles. The molecule has 2 unspecified atom stereocenters. The summed E-state index contributed by atoms with van der Waals surface area (Å²) in [5.41, 5.74) is 0. The van der Waals surface area contributed by atoms with Gasteiger partial charge in [-0.3, -0.25) is 9.79 Å². The van der Waals surface area contributed by atoms with Gasteiger partial charge in [0.25, 0.3) is 0 Å². The summed E-state index contributed by atoms with van der Waals surface area (Å²) in [6, 6.07) is 10.6. The van der Waals surface area contributed by atoms with Crippen LogP contribution in [0.1, 0.15) is 19.8 Å². The van der Waals surface area contributed by atoms with Crippen LogP contribution in [0, 0.1) is 11.8 Å². The van der Waals surface area contributed by atoms with Crippen LogP contribution in [0.5, 0.6) is 0 Å². The zero-order chi connectivity index (χ0) is 17.9. The maximum Gasteiger partial charge on any atom is 0.310 e. The van der Waals surface area contributed by atoms with Crippen LogP contribution < -0.4 is 5.32 Å². The lowest BCUT2D eigenvalue weighted by molar-refractivity contribution is -0.145. The first-order valence-electron chi connectivity index (χ1n) is 8.84. The number of carbonyl (C=O) groups excluding carboxylic acids is 1. The van der Waals surface area contributed by atoms with Crippen molar-refractivity contribution in [1.29, 1.82) is 0 Å². The Morgan fingerprint density at radius 1 is 1.36 bits per heavy atom. The van der Waals surface area contributed by atoms with Crippen molar-refractivity contribution in [2.75, 3.05) is 33.8 Å². The van der Waals surface area contributed by atoms with Crippen LogP contribution in [-0.2, 0) is 9.53 Å². The minimum Gasteiger partial charge on any atom is -0.469 e. The number of likely N-dealkylation sites (tertiary alicyclic amines) is 1. The van der Waals surface area contributed by atoms with E-state index in [1.165, 1.54) is 24.8 Å². The minimum atomic E-state index is -0.122. The molecule has 3 rings (SSSR count). The van der Waals surface area contributed by atoms with Crippen LogP contribution in [0.25, 0.3) is 0 Å². The number of aliphatic imine (C=N–C) groups is 1. The summed E-state index contributed by atoms with van der Waals surface area (Å²) in [6.45, 7) is 4.50. The number of nitrogens with one attached hydrogen (secondary N) is 1. The van der Waals surface area contributed by atoms with Gasteiger partial charge in [-0.25, -0.2) is 0 Å². The molecule has 5 nitrogen and oxygen atoms in total. The first-order chi connectivity index (χ1) is 12.1. The summed E-state index contributed by atoms with van der Waals surface area (Å²) in [6.07, 6.45) is 2.44. The molecule has 6 heteroatoms. The quantitative estimate of drug-likeness (QED) is 0.496. The predicted molar refractivity (Wildman–Crippen MR) is 102 cm³/mol. The second-order valence-corrected chi connectivity index (χ2v) is 8.55. The first-order valence-corrected chi connectivity index (χ1v) is 9.66. The summed E-state index contributed by atoms with van der Waals surface area (Å²) in [5.74, 6) is 0.971. The summed E-state index contributed by atoms with van der Waals surface area (Å²) in [4.78, 5) is 19.8. The second-order valence-electron chi connectivity index (χ2n) is 7.01. The Bertz CT molecular complexity index is 631. The van der Waals surface area contributed by atoms with E-state index in [-0.39, 0.29) is 22.6 Å². The van der Waals surface area contributed by atoms with E-state index in [0.717, 1.165) is 19.0 Å². The number of esters is 1. The molecule has 136 valence electrons. The topological polar surface area (TPSA) is 53.9 Å². The van der Waals surface area contributed by atoms with Crippen molar-refractivity contribution in [3.8, 4) is 0 Å². The van der Waals surface area contributed by atoms with Gasteiger partial charge in [0.1, 0.15) is 0 Å². The number of nitrogens with zero attached hydrogens (tertiary/aromatic N) is 2. The number of benzene rings is 1. The molecule has 0 aromatic heterocycles. The molecule has 1 N–H and O–H groups in total. The largest absolute Gasteiger partial charge is 0.469 e. The Kier molecular flexibility index (Phi) is 5.57. The van der Waals surface area contributed by atoms with Crippen LogP contribution in [0.4, 0.5) is 0 Å². The lowest BCUT2D eigenvalue weighted by Crippen LogP contribution is -2.43. The van der Waals surface area contributed by atoms with Gasteiger partial charge in [0, 0.05) is 36.3 Å². The highest BCUT2D eigenvalue weighted by atomic mass is 32.2. The van der Waals surface area contributed by atoms with E-state index in [9.17, 15) is 4.79 Å². The zero-order valence-corrected chi connectivity index (χ0v) is 16.0. The molecule has 1 aliphatic heterocycles. The van der Waals surface area contributed by atoms with Crippen LogP contribution >= 0.6 is 11.8 Å². The Balaban J connectivity index is 1.56. The number of carbonyl (C=O) groups is 1. The summed E-state index contributed by atoms with van der Waals surface area (Å²) >= 11 is 1.95. The number of guanidine groups is 1. The second kappa shape index (κ2) is 7.68. The highest BCUT2D eigenvalue weighted by Crippen LogP contribution is 2.51. The maximum atomic E-state index is 11.9. The van der Waals surface area contributed by atoms with Crippen molar-refractivity contribution >= 4 is 23.7 Å². The average molecular weight is 362 g/mol. The van der Waals surface area contributed by atoms with Crippen molar-refractivity contribution in [2.24, 2.45) is 16.8 Å². The van der Waals surface area contributed by atoms with Crippen LogP contribution in [-0.4, -0.2) is 55.4 Å². The predicted octanol–water partition coefficient (Wildman–Crippen LogP) is 2.63. The zero-order valence-electron chi connectivity index (χ0n) is 15.2. The SMILES string of the molecule is CN=C(NCC1(Sc2ccccc2)CC1)N1CC(C)C(C(=O)OC)C1. The molecule has 2 aliphatic rings. The van der Waals surface area contributed by atoms with E-state index in [1.54, 1.807) is 0 Å². The fraction of sp³-hybridized carbons (Fsp3) is 0.579. The number of rotatable bonds is 5. The Hall–Kier alpha value is -1.69. The van der Waals surface area contributed by atoms with Crippen LogP contribution in [0.15, 0.2) is 40.2 Å². The normalized spacial score (nSPS) is 24.9. The standard InChI is InChI=1S/C19H27N3O2S/c1-14-11-22(12-16(14)17(23)24-3)18(20-2)21-13-19(9-10-19)25-15-7-5-4-6-8-15/h4-8,14,16H,9-13H2,1-3H3,(H,20,21). The molecule has 0 amide bonds. The van der Waals surface area contributed by atoms with Gasteiger partial charge in [-0.1, -0.05) is 25.1 Å². The van der Waals surface area contributed by atoms with E-state index in [4.69, 9.17) is 4.74 Å². The molecule has 0 bridgehead atoms. The fourth-order valence-corrected chi connectivity index (χ4v) is 4.61. The first kappa shape index (κ1) is 18.1. The molecule has 1 aromatic rings. The van der Waals surface area contributed by atoms with Crippen molar-refractivity contribution in [3.63, 3.8) is 0 Å². The van der Waals surface area contributed by atoms with Crippen LogP contribution in [0.3, 0.4) is 0 Å². The number of thioether (sulfide) groups is 1. The van der Waals surface area contributed by atoms with Crippen molar-refractivity contribution in [3.05, 3.63) is 30.3 Å². The van der Waals surface area contributed by atoms with E-state index in [0.29, 0.717) is 6.54 Å². The third-order valence-corrected chi connectivity index (χ3v) is 6.57. The van der Waals surface area contributed by atoms with Gasteiger partial charge in [-0.05, 0) is 30.9 Å². The number of hydrogen-bond acceptors (Lipinski definition) is 4. The average Bonchev–Trinajstić information content (AvgIpc) is 3.28. The molecule has 0 spiro atoms. The molecule has 1 aliphatic carbocycles. The van der Waals surface area contributed by atoms with E-state index < -0.39 is 0 Å². The number of methoxy groups -OCH3 is 1. The molecule has 1 saturated heterocycles. The number of hydrogen-bond donors (Lipinski definition) is 1. The van der Waals surface area contributed by atoms with Crippen molar-refractivity contribution < 1.29 is 9.53 Å². The van der Waals surface area contributed by atoms with Crippen molar-refractivity contribution in [2.45, 2.75) is 29.4 Å². The Morgan fingerprint density at radius 2 is 2.08 bits per heavy atom. The molecular weight excluding hydrogens is 334 g/mol. The third-order valence-electron chi connectivity index (χ3n) is 5.08. The number of ether oxygens (including phenoxy) is 1. The third kappa shape index (κ3) is 4.29. The van der Waals surface area contributed by atoms with Crippen LogP contribution in [0.2, 0.25) is 0 Å². The lowest BCUT2D eigenvalue weighted by Gasteiger charge is -2.24. The van der Waals surface area contributed by atoms with E-state index >= 15 is 0 Å². The molecule has 1 aromatic carbocycles. The molecule has 0 radical (unpaired) electrons. The van der Waals surface area contributed by atoms with Gasteiger partial charge in [0.05, 0.1) is 13.0 Å². The summed E-state index contributed by atoms with van der Waals surface area (Å²) in [7, 11) is 3.27. The van der Waals surface area contributed by atoms with Gasteiger partial charge in [0.2, 0.25) is 0 Å². The lowest BCUT2D eigenvalue weighted by atomic mass is 9.99. The summed E-state index contributed by atoms with van der Waals surface area (Å²) < 4.78 is 5.20. The minimum absolute atomic E-state index is 0.0721. The Morgan fingerprint density at radius 3 is 2.68 bits per heavy atom. The fourth-order valence-electron chi connectivity index (χ4n) is 3.36. The highest BCUT2D eigenvalue weighted by Gasteiger charge is 2.44. The van der Waals surface area contributed by atoms with E-state index in [2.05, 4.69) is 52.5 Å². The highest BCUT2D eigenvalue weighted by molar-refractivity contribution is 8.01. The van der Waals surface area contributed by atoms with E-state index in [1.807, 2.05) is 18.8 Å². The molecular formula is C19H27N3O2S. The van der Waals surface area contributed by atoms with Gasteiger partial charge >= 0.3 is 5.97 Å².